The molecule has 4 aromatic rings. The Balaban J connectivity index is 1.47. The van der Waals surface area contributed by atoms with Gasteiger partial charge in [0.15, 0.2) is 0 Å². The summed E-state index contributed by atoms with van der Waals surface area (Å²) in [6.45, 7) is 2.62. The van der Waals surface area contributed by atoms with Crippen molar-refractivity contribution in [2.24, 2.45) is 0 Å². The van der Waals surface area contributed by atoms with Crippen LogP contribution in [0.2, 0.25) is 5.02 Å². The van der Waals surface area contributed by atoms with E-state index >= 15 is 0 Å². The summed E-state index contributed by atoms with van der Waals surface area (Å²) in [7, 11) is 0. The molecule has 1 aliphatic heterocycles. The van der Waals surface area contributed by atoms with Crippen LogP contribution in [0.25, 0.3) is 5.76 Å². The zero-order valence-corrected chi connectivity index (χ0v) is 21.4. The van der Waals surface area contributed by atoms with Crippen molar-refractivity contribution in [2.45, 2.75) is 26.1 Å². The molecule has 0 aliphatic carbocycles. The van der Waals surface area contributed by atoms with Gasteiger partial charge < -0.3 is 14.7 Å². The number of benzene rings is 3. The number of aryl methyl sites for hydroxylation is 1. The van der Waals surface area contributed by atoms with Crippen molar-refractivity contribution < 1.29 is 19.4 Å². The summed E-state index contributed by atoms with van der Waals surface area (Å²) in [5.74, 6) is -1.04. The molecule has 0 radical (unpaired) electrons. The number of pyridine rings is 1. The van der Waals surface area contributed by atoms with Crippen molar-refractivity contribution >= 4 is 29.1 Å². The van der Waals surface area contributed by atoms with Gasteiger partial charge in [-0.1, -0.05) is 48.0 Å². The molecule has 7 heteroatoms. The predicted octanol–water partition coefficient (Wildman–Crippen LogP) is 6.24. The highest BCUT2D eigenvalue weighted by Gasteiger charge is 2.46. The summed E-state index contributed by atoms with van der Waals surface area (Å²) < 4.78 is 5.91. The van der Waals surface area contributed by atoms with E-state index < -0.39 is 17.7 Å². The Morgan fingerprint density at radius 2 is 1.63 bits per heavy atom. The number of hydrogen-bond acceptors (Lipinski definition) is 5. The van der Waals surface area contributed by atoms with Gasteiger partial charge in [0, 0.05) is 29.5 Å². The van der Waals surface area contributed by atoms with E-state index in [1.165, 1.54) is 4.90 Å². The fraction of sp³-hybridized carbons (Fsp3) is 0.129. The van der Waals surface area contributed by atoms with Crippen LogP contribution in [0.1, 0.15) is 33.9 Å². The van der Waals surface area contributed by atoms with E-state index in [1.54, 1.807) is 73.1 Å². The molecular weight excluding hydrogens is 500 g/mol. The number of aliphatic hydroxyl groups excluding tert-OH is 1. The summed E-state index contributed by atoms with van der Waals surface area (Å²) in [5.41, 5.74) is 4.14. The largest absolute Gasteiger partial charge is 0.507 e. The maximum Gasteiger partial charge on any atom is 0.295 e. The molecule has 1 aromatic heterocycles. The monoisotopic (exact) mass is 524 g/mol. The first-order valence-corrected chi connectivity index (χ1v) is 12.5. The average Bonchev–Trinajstić information content (AvgIpc) is 3.18. The molecule has 1 fully saturated rings. The number of amides is 1. The maximum atomic E-state index is 13.3. The van der Waals surface area contributed by atoms with Crippen LogP contribution in [0, 0.1) is 6.92 Å². The van der Waals surface area contributed by atoms with Crippen LogP contribution in [0.4, 0.5) is 0 Å². The first-order chi connectivity index (χ1) is 18.4. The van der Waals surface area contributed by atoms with Crippen LogP contribution >= 0.6 is 11.6 Å². The fourth-order valence-corrected chi connectivity index (χ4v) is 4.64. The second kappa shape index (κ2) is 10.9. The normalized spacial score (nSPS) is 16.6. The summed E-state index contributed by atoms with van der Waals surface area (Å²) in [6.07, 6.45) is 3.26. The number of nitrogens with zero attached hydrogens (tertiary/aromatic N) is 2. The van der Waals surface area contributed by atoms with E-state index in [4.69, 9.17) is 16.3 Å². The molecule has 1 atom stereocenters. The van der Waals surface area contributed by atoms with Crippen LogP contribution in [0.5, 0.6) is 5.75 Å². The van der Waals surface area contributed by atoms with Gasteiger partial charge in [-0.05, 0) is 77.7 Å². The molecule has 190 valence electrons. The number of ketones is 1. The molecule has 0 saturated carbocycles. The Hall–Kier alpha value is -4.42. The summed E-state index contributed by atoms with van der Waals surface area (Å²) >= 11 is 6.10. The Labute approximate surface area is 225 Å². The third kappa shape index (κ3) is 5.17. The Bertz CT molecular complexity index is 1500. The first-order valence-electron chi connectivity index (χ1n) is 12.1. The number of likely N-dealkylation sites (tertiary alicyclic amines) is 1. The molecule has 6 nitrogen and oxygen atoms in total. The number of ether oxygens (including phenoxy) is 1. The van der Waals surface area contributed by atoms with Crippen molar-refractivity contribution in [3.8, 4) is 5.75 Å². The van der Waals surface area contributed by atoms with E-state index in [0.717, 1.165) is 16.7 Å². The molecule has 38 heavy (non-hydrogen) atoms. The van der Waals surface area contributed by atoms with Gasteiger partial charge >= 0.3 is 0 Å². The summed E-state index contributed by atoms with van der Waals surface area (Å²) in [5, 5.41) is 11.8. The molecule has 3 aromatic carbocycles. The number of rotatable bonds is 7. The van der Waals surface area contributed by atoms with E-state index in [0.29, 0.717) is 28.5 Å². The first kappa shape index (κ1) is 25.2. The van der Waals surface area contributed by atoms with Crippen LogP contribution in [0.15, 0.2) is 103 Å². The van der Waals surface area contributed by atoms with E-state index in [-0.39, 0.29) is 17.9 Å². The van der Waals surface area contributed by atoms with Gasteiger partial charge in [-0.25, -0.2) is 0 Å². The van der Waals surface area contributed by atoms with E-state index in [2.05, 4.69) is 4.98 Å². The highest BCUT2D eigenvalue weighted by molar-refractivity contribution is 6.46. The minimum absolute atomic E-state index is 0.0277. The van der Waals surface area contributed by atoms with Gasteiger partial charge in [-0.2, -0.15) is 0 Å². The molecule has 5 rings (SSSR count). The topological polar surface area (TPSA) is 79.7 Å². The lowest BCUT2D eigenvalue weighted by molar-refractivity contribution is -0.140. The van der Waals surface area contributed by atoms with Crippen LogP contribution < -0.4 is 4.74 Å². The maximum absolute atomic E-state index is 13.3. The molecular formula is C31H25ClN2O4. The van der Waals surface area contributed by atoms with Gasteiger partial charge in [0.1, 0.15) is 18.1 Å². The molecule has 1 N–H and O–H groups in total. The number of carbonyl (C=O) groups excluding carboxylic acids is 2. The standard InChI is InChI=1S/C31H25ClN2O4/c1-20-4-2-3-5-24(20)19-38-26-12-8-23(9-13-26)29(35)27-28(22-6-10-25(32)11-7-22)34(31(37)30(27)36)18-21-14-16-33-17-15-21/h2-17,28,35H,18-19H2,1H3/b29-27-. The number of hydrogen-bond donors (Lipinski definition) is 1. The van der Waals surface area contributed by atoms with Gasteiger partial charge in [0.05, 0.1) is 11.6 Å². The fourth-order valence-electron chi connectivity index (χ4n) is 4.52. The molecule has 0 bridgehead atoms. The van der Waals surface area contributed by atoms with Crippen molar-refractivity contribution in [3.05, 3.63) is 136 Å². The van der Waals surface area contributed by atoms with Crippen molar-refractivity contribution in [3.63, 3.8) is 0 Å². The minimum atomic E-state index is -0.780. The second-order valence-corrected chi connectivity index (χ2v) is 9.51. The summed E-state index contributed by atoms with van der Waals surface area (Å²) in [4.78, 5) is 31.9. The van der Waals surface area contributed by atoms with Crippen molar-refractivity contribution in [2.75, 3.05) is 0 Å². The van der Waals surface area contributed by atoms with Gasteiger partial charge in [0.2, 0.25) is 0 Å². The van der Waals surface area contributed by atoms with Gasteiger partial charge in [-0.3, -0.25) is 14.6 Å². The van der Waals surface area contributed by atoms with Crippen LogP contribution in [-0.2, 0) is 22.7 Å². The number of aliphatic hydroxyl groups is 1. The zero-order valence-electron chi connectivity index (χ0n) is 20.7. The third-order valence-electron chi connectivity index (χ3n) is 6.61. The predicted molar refractivity (Wildman–Crippen MR) is 145 cm³/mol. The van der Waals surface area contributed by atoms with E-state index in [9.17, 15) is 14.7 Å². The lowest BCUT2D eigenvalue weighted by atomic mass is 9.95. The molecule has 1 unspecified atom stereocenters. The molecule has 1 saturated heterocycles. The zero-order chi connectivity index (χ0) is 26.6. The average molecular weight is 525 g/mol. The SMILES string of the molecule is Cc1ccccc1COc1ccc(/C(O)=C2/C(=O)C(=O)N(Cc3ccncc3)C2c2ccc(Cl)cc2)cc1. The lowest BCUT2D eigenvalue weighted by Crippen LogP contribution is -2.29. The molecule has 1 aliphatic rings. The van der Waals surface area contributed by atoms with Gasteiger partial charge in [0.25, 0.3) is 11.7 Å². The van der Waals surface area contributed by atoms with E-state index in [1.807, 2.05) is 31.2 Å². The minimum Gasteiger partial charge on any atom is -0.507 e. The summed E-state index contributed by atoms with van der Waals surface area (Å²) in [6, 6.07) is 24.5. The number of carbonyl (C=O) groups is 2. The Morgan fingerprint density at radius 3 is 2.32 bits per heavy atom. The number of aromatic nitrogens is 1. The Kier molecular flexibility index (Phi) is 7.24. The van der Waals surface area contributed by atoms with Gasteiger partial charge in [-0.15, -0.1) is 0 Å². The highest BCUT2D eigenvalue weighted by atomic mass is 35.5. The lowest BCUT2D eigenvalue weighted by Gasteiger charge is -2.25. The molecule has 1 amide bonds. The quantitative estimate of drug-likeness (QED) is 0.176. The highest BCUT2D eigenvalue weighted by Crippen LogP contribution is 2.40. The van der Waals surface area contributed by atoms with Crippen LogP contribution in [-0.4, -0.2) is 26.7 Å². The van der Waals surface area contributed by atoms with Crippen molar-refractivity contribution in [1.29, 1.82) is 0 Å². The molecule has 2 heterocycles. The second-order valence-electron chi connectivity index (χ2n) is 9.07. The van der Waals surface area contributed by atoms with Crippen LogP contribution in [0.3, 0.4) is 0 Å². The van der Waals surface area contributed by atoms with Crippen molar-refractivity contribution in [1.82, 2.24) is 9.88 Å². The Morgan fingerprint density at radius 1 is 0.947 bits per heavy atom. The number of Topliss-reactive ketones (excluding diaryl/α,β-unsaturated/α-hetero) is 1. The smallest absolute Gasteiger partial charge is 0.295 e. The molecule has 0 spiro atoms. The number of halogens is 1. The third-order valence-corrected chi connectivity index (χ3v) is 6.86.